The molecule has 4 rings (SSSR count). The fourth-order valence-corrected chi connectivity index (χ4v) is 3.83. The van der Waals surface area contributed by atoms with Crippen LogP contribution in [-0.4, -0.2) is 18.2 Å². The summed E-state index contributed by atoms with van der Waals surface area (Å²) in [6.45, 7) is 1.89. The maximum Gasteiger partial charge on any atom is 0.259 e. The Kier molecular flexibility index (Phi) is 5.48. The van der Waals surface area contributed by atoms with Crippen LogP contribution in [0.4, 0.5) is 21.5 Å². The van der Waals surface area contributed by atoms with Gasteiger partial charge >= 0.3 is 0 Å². The molecule has 0 saturated heterocycles. The number of hydrogen-bond acceptors (Lipinski definition) is 5. The van der Waals surface area contributed by atoms with Crippen molar-refractivity contribution in [2.24, 2.45) is 5.10 Å². The van der Waals surface area contributed by atoms with Crippen LogP contribution in [0.5, 0.6) is 0 Å². The van der Waals surface area contributed by atoms with Crippen molar-refractivity contribution >= 4 is 40.4 Å². The fourth-order valence-electron chi connectivity index (χ4n) is 2.86. The van der Waals surface area contributed by atoms with Gasteiger partial charge in [0.25, 0.3) is 5.91 Å². The number of anilines is 3. The molecule has 0 aliphatic carbocycles. The average Bonchev–Trinajstić information content (AvgIpc) is 2.75. The van der Waals surface area contributed by atoms with E-state index in [1.54, 1.807) is 23.9 Å². The van der Waals surface area contributed by atoms with E-state index < -0.39 is 0 Å². The number of fused-ring (bicyclic) bond motifs is 2. The third-order valence-corrected chi connectivity index (χ3v) is 5.57. The van der Waals surface area contributed by atoms with Crippen LogP contribution < -0.4 is 16.1 Å². The summed E-state index contributed by atoms with van der Waals surface area (Å²) >= 11 is 1.72. The van der Waals surface area contributed by atoms with Crippen LogP contribution >= 0.6 is 11.8 Å². The van der Waals surface area contributed by atoms with Gasteiger partial charge in [-0.2, -0.15) is 5.10 Å². The molecule has 0 aromatic heterocycles. The lowest BCUT2D eigenvalue weighted by Crippen LogP contribution is -2.26. The summed E-state index contributed by atoms with van der Waals surface area (Å²) in [5, 5.41) is 10.6. The van der Waals surface area contributed by atoms with Crippen LogP contribution in [-0.2, 0) is 4.79 Å². The molecule has 3 aromatic carbocycles. The van der Waals surface area contributed by atoms with Crippen molar-refractivity contribution in [3.8, 4) is 0 Å². The Balaban J connectivity index is 1.38. The van der Waals surface area contributed by atoms with E-state index in [0.717, 1.165) is 21.8 Å². The van der Waals surface area contributed by atoms with Crippen LogP contribution in [0, 0.1) is 5.82 Å². The molecule has 3 N–H and O–H groups in total. The van der Waals surface area contributed by atoms with E-state index in [-0.39, 0.29) is 18.3 Å². The highest BCUT2D eigenvalue weighted by Gasteiger charge is 2.15. The highest BCUT2D eigenvalue weighted by molar-refractivity contribution is 7.99. The zero-order valence-electron chi connectivity index (χ0n) is 15.7. The maximum atomic E-state index is 12.9. The number of halogens is 1. The molecular weight excluding hydrogens is 387 g/mol. The molecule has 0 unspecified atom stereocenters. The molecule has 0 saturated carbocycles. The van der Waals surface area contributed by atoms with Crippen LogP contribution in [0.2, 0.25) is 0 Å². The molecule has 0 bridgehead atoms. The van der Waals surface area contributed by atoms with Crippen molar-refractivity contribution in [1.82, 2.24) is 5.43 Å². The molecule has 1 heterocycles. The van der Waals surface area contributed by atoms with Gasteiger partial charge in [-0.1, -0.05) is 30.0 Å². The van der Waals surface area contributed by atoms with E-state index in [0.29, 0.717) is 11.4 Å². The summed E-state index contributed by atoms with van der Waals surface area (Å²) < 4.78 is 12.9. The highest BCUT2D eigenvalue weighted by atomic mass is 32.2. The van der Waals surface area contributed by atoms with Gasteiger partial charge < -0.3 is 10.6 Å². The summed E-state index contributed by atoms with van der Waals surface area (Å²) in [5.41, 5.74) is 6.93. The number of hydrogen-bond donors (Lipinski definition) is 3. The molecule has 0 spiro atoms. The van der Waals surface area contributed by atoms with E-state index in [1.165, 1.54) is 17.0 Å². The minimum Gasteiger partial charge on any atom is -0.376 e. The maximum absolute atomic E-state index is 12.9. The van der Waals surface area contributed by atoms with Gasteiger partial charge in [-0.3, -0.25) is 4.79 Å². The Labute approximate surface area is 172 Å². The quantitative estimate of drug-likeness (QED) is 0.323. The zero-order valence-corrected chi connectivity index (χ0v) is 16.5. The van der Waals surface area contributed by atoms with Gasteiger partial charge in [-0.05, 0) is 61.0 Å². The molecule has 5 nitrogen and oxygen atoms in total. The second kappa shape index (κ2) is 8.36. The standard InChI is InChI=1S/C22H19FN4OS/c1-14(26-27-22(28)13-24-17-9-7-16(23)8-10-17)15-6-11-21-19(12-15)25-18-4-2-3-5-20(18)29-21/h2-12,24-25H,13H2,1H3,(H,27,28). The third-order valence-electron chi connectivity index (χ3n) is 4.42. The van der Waals surface area contributed by atoms with Crippen LogP contribution in [0.1, 0.15) is 12.5 Å². The molecule has 0 fully saturated rings. The minimum absolute atomic E-state index is 0.0432. The van der Waals surface area contributed by atoms with Crippen molar-refractivity contribution in [3.05, 3.63) is 78.1 Å². The lowest BCUT2D eigenvalue weighted by molar-refractivity contribution is -0.119. The summed E-state index contributed by atoms with van der Waals surface area (Å²) in [6.07, 6.45) is 0. The van der Waals surface area contributed by atoms with Crippen LogP contribution in [0.15, 0.2) is 81.6 Å². The summed E-state index contributed by atoms with van der Waals surface area (Å²) in [7, 11) is 0. The van der Waals surface area contributed by atoms with E-state index >= 15 is 0 Å². The van der Waals surface area contributed by atoms with E-state index in [4.69, 9.17) is 0 Å². The Morgan fingerprint density at radius 3 is 2.62 bits per heavy atom. The van der Waals surface area contributed by atoms with Crippen molar-refractivity contribution in [1.29, 1.82) is 0 Å². The number of amides is 1. The average molecular weight is 406 g/mol. The topological polar surface area (TPSA) is 65.5 Å². The molecule has 1 amide bonds. The number of carbonyl (C=O) groups is 1. The molecule has 3 aromatic rings. The number of para-hydroxylation sites is 1. The third kappa shape index (κ3) is 4.57. The van der Waals surface area contributed by atoms with Gasteiger partial charge in [0.15, 0.2) is 0 Å². The van der Waals surface area contributed by atoms with Gasteiger partial charge in [0.2, 0.25) is 0 Å². The smallest absolute Gasteiger partial charge is 0.259 e. The molecule has 146 valence electrons. The monoisotopic (exact) mass is 406 g/mol. The Morgan fingerprint density at radius 2 is 1.79 bits per heavy atom. The first-order valence-electron chi connectivity index (χ1n) is 9.09. The second-order valence-corrected chi connectivity index (χ2v) is 7.61. The molecule has 1 aliphatic heterocycles. The van der Waals surface area contributed by atoms with E-state index in [1.807, 2.05) is 37.3 Å². The van der Waals surface area contributed by atoms with E-state index in [9.17, 15) is 9.18 Å². The summed E-state index contributed by atoms with van der Waals surface area (Å²) in [5.74, 6) is -0.601. The number of rotatable bonds is 5. The highest BCUT2D eigenvalue weighted by Crippen LogP contribution is 2.44. The first-order chi connectivity index (χ1) is 14.1. The Morgan fingerprint density at radius 1 is 1.03 bits per heavy atom. The van der Waals surface area contributed by atoms with Gasteiger partial charge in [-0.15, -0.1) is 0 Å². The van der Waals surface area contributed by atoms with Crippen LogP contribution in [0.3, 0.4) is 0 Å². The van der Waals surface area contributed by atoms with Crippen molar-refractivity contribution in [3.63, 3.8) is 0 Å². The normalized spacial score (nSPS) is 12.4. The number of carbonyl (C=O) groups excluding carboxylic acids is 1. The molecule has 0 radical (unpaired) electrons. The van der Waals surface area contributed by atoms with Gasteiger partial charge in [0, 0.05) is 15.5 Å². The van der Waals surface area contributed by atoms with Gasteiger partial charge in [0.05, 0.1) is 23.6 Å². The van der Waals surface area contributed by atoms with E-state index in [2.05, 4.69) is 33.3 Å². The largest absolute Gasteiger partial charge is 0.376 e. The Hall–Kier alpha value is -3.32. The second-order valence-electron chi connectivity index (χ2n) is 6.53. The lowest BCUT2D eigenvalue weighted by Gasteiger charge is -2.21. The Bertz CT molecular complexity index is 1080. The first kappa shape index (κ1) is 19.0. The summed E-state index contributed by atoms with van der Waals surface area (Å²) in [4.78, 5) is 14.4. The van der Waals surface area contributed by atoms with Crippen molar-refractivity contribution in [2.45, 2.75) is 16.7 Å². The van der Waals surface area contributed by atoms with Crippen LogP contribution in [0.25, 0.3) is 0 Å². The lowest BCUT2D eigenvalue weighted by atomic mass is 10.1. The van der Waals surface area contributed by atoms with Gasteiger partial charge in [0.1, 0.15) is 5.82 Å². The number of benzene rings is 3. The minimum atomic E-state index is -0.318. The predicted octanol–water partition coefficient (Wildman–Crippen LogP) is 4.99. The molecule has 7 heteroatoms. The SMILES string of the molecule is CC(=NNC(=O)CNc1ccc(F)cc1)c1ccc2c(c1)Nc1ccccc1S2. The molecule has 29 heavy (non-hydrogen) atoms. The number of nitrogens with one attached hydrogen (secondary N) is 3. The van der Waals surface area contributed by atoms with Crippen molar-refractivity contribution < 1.29 is 9.18 Å². The first-order valence-corrected chi connectivity index (χ1v) is 9.91. The summed E-state index contributed by atoms with van der Waals surface area (Å²) in [6, 6.07) is 20.1. The molecule has 1 aliphatic rings. The molecule has 0 atom stereocenters. The van der Waals surface area contributed by atoms with Crippen molar-refractivity contribution in [2.75, 3.05) is 17.2 Å². The predicted molar refractivity (Wildman–Crippen MR) is 116 cm³/mol. The fraction of sp³-hybridized carbons (Fsp3) is 0.0909. The number of hydrazone groups is 1. The number of nitrogens with zero attached hydrogens (tertiary/aromatic N) is 1. The zero-order chi connectivity index (χ0) is 20.2. The van der Waals surface area contributed by atoms with Gasteiger partial charge in [-0.25, -0.2) is 9.82 Å². The molecular formula is C22H19FN4OS.